The van der Waals surface area contributed by atoms with Gasteiger partial charge in [-0.15, -0.1) is 12.4 Å². The van der Waals surface area contributed by atoms with E-state index in [-0.39, 0.29) is 41.7 Å². The van der Waals surface area contributed by atoms with Gasteiger partial charge in [0.15, 0.2) is 0 Å². The van der Waals surface area contributed by atoms with Crippen LogP contribution in [0, 0.1) is 11.3 Å². The van der Waals surface area contributed by atoms with Crippen molar-refractivity contribution in [2.45, 2.75) is 77.5 Å². The fraction of sp³-hybridized carbons (Fsp3) is 0.938. The third-order valence-electron chi connectivity index (χ3n) is 5.56. The number of nitrogens with two attached hydrogens (primary N) is 1. The molecule has 1 spiro atoms. The monoisotopic (exact) mass is 318 g/mol. The number of hydrogen-bond acceptors (Lipinski definition) is 3. The molecule has 0 radical (unpaired) electrons. The predicted molar refractivity (Wildman–Crippen MR) is 87.5 cm³/mol. The Kier molecular flexibility index (Phi) is 6.95. The maximum atomic E-state index is 12.3. The lowest BCUT2D eigenvalue weighted by molar-refractivity contribution is -0.145. The van der Waals surface area contributed by atoms with Crippen molar-refractivity contribution in [1.29, 1.82) is 0 Å². The molecule has 21 heavy (non-hydrogen) atoms. The van der Waals surface area contributed by atoms with Gasteiger partial charge in [0.2, 0.25) is 5.91 Å². The Balaban J connectivity index is 0.00000220. The normalized spacial score (nSPS) is 29.3. The van der Waals surface area contributed by atoms with Crippen LogP contribution in [0.4, 0.5) is 0 Å². The summed E-state index contributed by atoms with van der Waals surface area (Å²) in [7, 11) is 0. The summed E-state index contributed by atoms with van der Waals surface area (Å²) in [6.07, 6.45) is 7.10. The first-order chi connectivity index (χ1) is 9.55. The SMILES string of the molecule is CCOC1CC(NC(=O)C(N)C(C)CC)C12CCCC2.Cl. The number of amides is 1. The number of carbonyl (C=O) groups is 1. The van der Waals surface area contributed by atoms with Crippen molar-refractivity contribution in [2.75, 3.05) is 6.61 Å². The fourth-order valence-corrected chi connectivity index (χ4v) is 3.87. The highest BCUT2D eigenvalue weighted by molar-refractivity contribution is 5.85. The van der Waals surface area contributed by atoms with E-state index in [0.717, 1.165) is 19.4 Å². The van der Waals surface area contributed by atoms with E-state index < -0.39 is 0 Å². The van der Waals surface area contributed by atoms with Crippen molar-refractivity contribution in [3.63, 3.8) is 0 Å². The van der Waals surface area contributed by atoms with Crippen LogP contribution in [-0.4, -0.2) is 30.7 Å². The lowest BCUT2D eigenvalue weighted by Crippen LogP contribution is -2.65. The van der Waals surface area contributed by atoms with E-state index >= 15 is 0 Å². The largest absolute Gasteiger partial charge is 0.378 e. The van der Waals surface area contributed by atoms with Crippen LogP contribution in [0.5, 0.6) is 0 Å². The quantitative estimate of drug-likeness (QED) is 0.791. The number of halogens is 1. The Labute approximate surface area is 135 Å². The van der Waals surface area contributed by atoms with E-state index in [4.69, 9.17) is 10.5 Å². The Hall–Kier alpha value is -0.320. The molecule has 2 rings (SSSR count). The molecular formula is C16H31ClN2O2. The van der Waals surface area contributed by atoms with Gasteiger partial charge >= 0.3 is 0 Å². The van der Waals surface area contributed by atoms with Crippen molar-refractivity contribution >= 4 is 18.3 Å². The van der Waals surface area contributed by atoms with Crippen molar-refractivity contribution in [3.8, 4) is 0 Å². The summed E-state index contributed by atoms with van der Waals surface area (Å²) in [5.74, 6) is 0.253. The molecule has 4 unspecified atom stereocenters. The van der Waals surface area contributed by atoms with Crippen molar-refractivity contribution in [3.05, 3.63) is 0 Å². The topological polar surface area (TPSA) is 64.3 Å². The van der Waals surface area contributed by atoms with Crippen molar-refractivity contribution in [2.24, 2.45) is 17.1 Å². The van der Waals surface area contributed by atoms with Gasteiger partial charge in [0.1, 0.15) is 0 Å². The van der Waals surface area contributed by atoms with E-state index in [9.17, 15) is 4.79 Å². The Bertz CT molecular complexity index is 345. The lowest BCUT2D eigenvalue weighted by Gasteiger charge is -2.54. The molecule has 4 nitrogen and oxygen atoms in total. The minimum absolute atomic E-state index is 0. The van der Waals surface area contributed by atoms with Crippen LogP contribution in [-0.2, 0) is 9.53 Å². The minimum atomic E-state index is -0.385. The van der Waals surface area contributed by atoms with Gasteiger partial charge in [0.25, 0.3) is 0 Å². The molecule has 0 heterocycles. The molecule has 0 aromatic rings. The van der Waals surface area contributed by atoms with Crippen LogP contribution in [0.1, 0.15) is 59.3 Å². The van der Waals surface area contributed by atoms with E-state index in [2.05, 4.69) is 12.2 Å². The van der Waals surface area contributed by atoms with Crippen molar-refractivity contribution < 1.29 is 9.53 Å². The number of carbonyl (C=O) groups excluding carboxylic acids is 1. The van der Waals surface area contributed by atoms with E-state index in [0.29, 0.717) is 6.10 Å². The first-order valence-electron chi connectivity index (χ1n) is 8.22. The Morgan fingerprint density at radius 1 is 1.38 bits per heavy atom. The molecule has 0 aromatic heterocycles. The fourth-order valence-electron chi connectivity index (χ4n) is 3.87. The second-order valence-electron chi connectivity index (χ2n) is 6.59. The van der Waals surface area contributed by atoms with Gasteiger partial charge in [-0.05, 0) is 32.1 Å². The molecule has 0 saturated heterocycles. The molecule has 0 aromatic carbocycles. The molecule has 0 bridgehead atoms. The standard InChI is InChI=1S/C16H30N2O2.ClH/c1-4-11(3)14(17)15(19)18-12-10-13(20-5-2)16(12)8-6-7-9-16;/h11-14H,4-10,17H2,1-3H3,(H,18,19);1H. The maximum Gasteiger partial charge on any atom is 0.237 e. The number of rotatable bonds is 6. The summed E-state index contributed by atoms with van der Waals surface area (Å²) in [5, 5.41) is 3.21. The maximum absolute atomic E-state index is 12.3. The average Bonchev–Trinajstić information content (AvgIpc) is 2.96. The molecule has 2 saturated carbocycles. The zero-order valence-corrected chi connectivity index (χ0v) is 14.4. The van der Waals surface area contributed by atoms with Gasteiger partial charge in [-0.1, -0.05) is 33.1 Å². The van der Waals surface area contributed by atoms with Gasteiger partial charge in [0, 0.05) is 18.1 Å². The third-order valence-corrected chi connectivity index (χ3v) is 5.56. The van der Waals surface area contributed by atoms with Gasteiger partial charge in [-0.2, -0.15) is 0 Å². The van der Waals surface area contributed by atoms with Gasteiger partial charge in [-0.3, -0.25) is 4.79 Å². The number of ether oxygens (including phenoxy) is 1. The molecule has 3 N–H and O–H groups in total. The molecule has 2 aliphatic carbocycles. The third kappa shape index (κ3) is 3.54. The molecule has 0 aliphatic heterocycles. The zero-order chi connectivity index (χ0) is 14.8. The summed E-state index contributed by atoms with van der Waals surface area (Å²) in [5.41, 5.74) is 6.23. The summed E-state index contributed by atoms with van der Waals surface area (Å²) in [4.78, 5) is 12.3. The van der Waals surface area contributed by atoms with Gasteiger partial charge < -0.3 is 15.8 Å². The summed E-state index contributed by atoms with van der Waals surface area (Å²) >= 11 is 0. The molecule has 4 atom stereocenters. The summed E-state index contributed by atoms with van der Waals surface area (Å²) < 4.78 is 5.87. The number of hydrogen-bond donors (Lipinski definition) is 2. The van der Waals surface area contributed by atoms with Crippen LogP contribution >= 0.6 is 12.4 Å². The molecule has 2 fully saturated rings. The van der Waals surface area contributed by atoms with Crippen LogP contribution in [0.2, 0.25) is 0 Å². The lowest BCUT2D eigenvalue weighted by atomic mass is 9.60. The van der Waals surface area contributed by atoms with E-state index in [1.165, 1.54) is 25.7 Å². The highest BCUT2D eigenvalue weighted by Gasteiger charge is 2.57. The minimum Gasteiger partial charge on any atom is -0.378 e. The highest BCUT2D eigenvalue weighted by Crippen LogP contribution is 2.54. The first kappa shape index (κ1) is 18.7. The summed E-state index contributed by atoms with van der Waals surface area (Å²) in [6, 6.07) is -0.117. The van der Waals surface area contributed by atoms with Crippen LogP contribution in [0.25, 0.3) is 0 Å². The molecular weight excluding hydrogens is 288 g/mol. The zero-order valence-electron chi connectivity index (χ0n) is 13.6. The molecule has 1 amide bonds. The average molecular weight is 319 g/mol. The second-order valence-corrected chi connectivity index (χ2v) is 6.59. The molecule has 5 heteroatoms. The number of nitrogens with one attached hydrogen (secondary N) is 1. The Morgan fingerprint density at radius 3 is 2.52 bits per heavy atom. The molecule has 124 valence electrons. The second kappa shape index (κ2) is 7.80. The van der Waals surface area contributed by atoms with Crippen LogP contribution in [0.3, 0.4) is 0 Å². The van der Waals surface area contributed by atoms with Gasteiger partial charge in [-0.25, -0.2) is 0 Å². The van der Waals surface area contributed by atoms with E-state index in [1.54, 1.807) is 0 Å². The van der Waals surface area contributed by atoms with Crippen LogP contribution in [0.15, 0.2) is 0 Å². The van der Waals surface area contributed by atoms with E-state index in [1.807, 2.05) is 13.8 Å². The molecule has 2 aliphatic rings. The van der Waals surface area contributed by atoms with Crippen molar-refractivity contribution in [1.82, 2.24) is 5.32 Å². The smallest absolute Gasteiger partial charge is 0.237 e. The highest BCUT2D eigenvalue weighted by atomic mass is 35.5. The van der Waals surface area contributed by atoms with Crippen LogP contribution < -0.4 is 11.1 Å². The predicted octanol–water partition coefficient (Wildman–Crippen LogP) is 2.64. The summed E-state index contributed by atoms with van der Waals surface area (Å²) in [6.45, 7) is 6.93. The first-order valence-corrected chi connectivity index (χ1v) is 8.22. The van der Waals surface area contributed by atoms with Gasteiger partial charge in [0.05, 0.1) is 12.1 Å². The Morgan fingerprint density at radius 2 is 2.00 bits per heavy atom.